The second-order valence-electron chi connectivity index (χ2n) is 4.34. The van der Waals surface area contributed by atoms with E-state index in [1.165, 1.54) is 32.1 Å². The van der Waals surface area contributed by atoms with Gasteiger partial charge in [0.1, 0.15) is 6.29 Å². The van der Waals surface area contributed by atoms with Crippen LogP contribution in [0.15, 0.2) is 24.5 Å². The molecule has 1 aromatic rings. The number of aromatic nitrogens is 1. The zero-order valence-electron chi connectivity index (χ0n) is 8.93. The minimum atomic E-state index is 0.0910. The zero-order valence-corrected chi connectivity index (χ0v) is 8.93. The number of aldehydes is 1. The quantitative estimate of drug-likeness (QED) is 0.707. The van der Waals surface area contributed by atoms with Gasteiger partial charge in [0.05, 0.1) is 0 Å². The van der Waals surface area contributed by atoms with E-state index in [2.05, 4.69) is 4.98 Å². The molecule has 15 heavy (non-hydrogen) atoms. The maximum Gasteiger partial charge on any atom is 0.127 e. The molecule has 0 amide bonds. The van der Waals surface area contributed by atoms with Gasteiger partial charge in [0.15, 0.2) is 0 Å². The van der Waals surface area contributed by atoms with E-state index in [4.69, 9.17) is 0 Å². The standard InChI is InChI=1S/C13H17NO/c15-10-13(11-4-2-1-3-5-11)12-6-8-14-9-7-12/h6-11,13H,1-5H2. The Hall–Kier alpha value is -1.18. The first-order valence-electron chi connectivity index (χ1n) is 5.77. The SMILES string of the molecule is O=CC(c1ccncc1)C1CCCCC1. The molecule has 0 saturated heterocycles. The smallest absolute Gasteiger partial charge is 0.127 e. The van der Waals surface area contributed by atoms with E-state index < -0.39 is 0 Å². The number of rotatable bonds is 3. The molecule has 80 valence electrons. The Labute approximate surface area is 90.7 Å². The fourth-order valence-corrected chi connectivity index (χ4v) is 2.54. The van der Waals surface area contributed by atoms with Crippen LogP contribution in [0.4, 0.5) is 0 Å². The van der Waals surface area contributed by atoms with E-state index >= 15 is 0 Å². The first kappa shape index (κ1) is 10.3. The molecule has 2 rings (SSSR count). The van der Waals surface area contributed by atoms with E-state index in [-0.39, 0.29) is 5.92 Å². The van der Waals surface area contributed by atoms with E-state index in [1.54, 1.807) is 12.4 Å². The number of hydrogen-bond acceptors (Lipinski definition) is 2. The molecule has 0 aliphatic heterocycles. The molecule has 1 fully saturated rings. The third-order valence-electron chi connectivity index (χ3n) is 3.40. The van der Waals surface area contributed by atoms with Gasteiger partial charge in [-0.2, -0.15) is 0 Å². The highest BCUT2D eigenvalue weighted by atomic mass is 16.1. The summed E-state index contributed by atoms with van der Waals surface area (Å²) in [5.74, 6) is 0.645. The number of pyridine rings is 1. The molecule has 1 atom stereocenters. The highest BCUT2D eigenvalue weighted by molar-refractivity contribution is 5.62. The van der Waals surface area contributed by atoms with Crippen molar-refractivity contribution in [2.45, 2.75) is 38.0 Å². The largest absolute Gasteiger partial charge is 0.303 e. The van der Waals surface area contributed by atoms with E-state index in [0.29, 0.717) is 5.92 Å². The summed E-state index contributed by atoms with van der Waals surface area (Å²) in [5.41, 5.74) is 1.13. The number of hydrogen-bond donors (Lipinski definition) is 0. The summed E-state index contributed by atoms with van der Waals surface area (Å²) in [6, 6.07) is 3.93. The Morgan fingerprint density at radius 2 is 1.87 bits per heavy atom. The van der Waals surface area contributed by atoms with Crippen LogP contribution < -0.4 is 0 Å². The Morgan fingerprint density at radius 3 is 2.47 bits per heavy atom. The highest BCUT2D eigenvalue weighted by Gasteiger charge is 2.24. The van der Waals surface area contributed by atoms with Gasteiger partial charge in [-0.3, -0.25) is 4.98 Å². The molecule has 0 N–H and O–H groups in total. The lowest BCUT2D eigenvalue weighted by Crippen LogP contribution is -2.17. The molecule has 2 heteroatoms. The Kier molecular flexibility index (Phi) is 3.49. The van der Waals surface area contributed by atoms with Crippen LogP contribution in [0.1, 0.15) is 43.6 Å². The number of nitrogens with zero attached hydrogens (tertiary/aromatic N) is 1. The highest BCUT2D eigenvalue weighted by Crippen LogP contribution is 2.34. The summed E-state index contributed by atoms with van der Waals surface area (Å²) in [5, 5.41) is 0. The van der Waals surface area contributed by atoms with Crippen LogP contribution in [0.2, 0.25) is 0 Å². The van der Waals surface area contributed by atoms with Crippen molar-refractivity contribution in [3.05, 3.63) is 30.1 Å². The van der Waals surface area contributed by atoms with Crippen LogP contribution in [0.5, 0.6) is 0 Å². The van der Waals surface area contributed by atoms with Crippen molar-refractivity contribution in [2.24, 2.45) is 5.92 Å². The van der Waals surface area contributed by atoms with Crippen molar-refractivity contribution in [2.75, 3.05) is 0 Å². The third-order valence-corrected chi connectivity index (χ3v) is 3.40. The summed E-state index contributed by atoms with van der Waals surface area (Å²) >= 11 is 0. The molecule has 1 aliphatic carbocycles. The molecule has 0 aromatic carbocycles. The van der Waals surface area contributed by atoms with Gasteiger partial charge in [0, 0.05) is 18.3 Å². The van der Waals surface area contributed by atoms with Crippen LogP contribution >= 0.6 is 0 Å². The van der Waals surface area contributed by atoms with Crippen LogP contribution in [0, 0.1) is 5.92 Å². The van der Waals surface area contributed by atoms with Crippen molar-refractivity contribution in [3.63, 3.8) is 0 Å². The van der Waals surface area contributed by atoms with Gasteiger partial charge in [-0.05, 0) is 36.5 Å². The average Bonchev–Trinajstić information content (AvgIpc) is 2.33. The van der Waals surface area contributed by atoms with Gasteiger partial charge < -0.3 is 4.79 Å². The Balaban J connectivity index is 2.12. The van der Waals surface area contributed by atoms with Crippen LogP contribution in [-0.4, -0.2) is 11.3 Å². The van der Waals surface area contributed by atoms with Gasteiger partial charge in [0.25, 0.3) is 0 Å². The third kappa shape index (κ3) is 2.44. The van der Waals surface area contributed by atoms with Crippen molar-refractivity contribution < 1.29 is 4.79 Å². The zero-order chi connectivity index (χ0) is 10.5. The van der Waals surface area contributed by atoms with Crippen molar-refractivity contribution in [1.82, 2.24) is 4.98 Å². The van der Waals surface area contributed by atoms with E-state index in [1.807, 2.05) is 12.1 Å². The van der Waals surface area contributed by atoms with Crippen LogP contribution in [-0.2, 0) is 4.79 Å². The lowest BCUT2D eigenvalue weighted by Gasteiger charge is -2.26. The normalized spacial score (nSPS) is 19.7. The lowest BCUT2D eigenvalue weighted by molar-refractivity contribution is -0.110. The summed E-state index contributed by atoms with van der Waals surface area (Å²) in [6.07, 6.45) is 10.9. The molecule has 0 radical (unpaired) electrons. The maximum absolute atomic E-state index is 11.2. The summed E-state index contributed by atoms with van der Waals surface area (Å²) in [6.45, 7) is 0. The second kappa shape index (κ2) is 5.06. The minimum Gasteiger partial charge on any atom is -0.303 e. The van der Waals surface area contributed by atoms with E-state index in [9.17, 15) is 4.79 Å². The van der Waals surface area contributed by atoms with Crippen LogP contribution in [0.3, 0.4) is 0 Å². The summed E-state index contributed by atoms with van der Waals surface area (Å²) < 4.78 is 0. The molecule has 0 bridgehead atoms. The average molecular weight is 203 g/mol. The summed E-state index contributed by atoms with van der Waals surface area (Å²) in [4.78, 5) is 15.2. The molecule has 1 aromatic heterocycles. The van der Waals surface area contributed by atoms with Gasteiger partial charge in [0.2, 0.25) is 0 Å². The molecule has 1 aliphatic rings. The van der Waals surface area contributed by atoms with Crippen molar-refractivity contribution in [1.29, 1.82) is 0 Å². The van der Waals surface area contributed by atoms with Gasteiger partial charge in [-0.1, -0.05) is 19.3 Å². The second-order valence-corrected chi connectivity index (χ2v) is 4.34. The lowest BCUT2D eigenvalue weighted by atomic mass is 9.78. The number of carbonyl (C=O) groups is 1. The van der Waals surface area contributed by atoms with Gasteiger partial charge in [-0.15, -0.1) is 0 Å². The molecule has 1 unspecified atom stereocenters. The summed E-state index contributed by atoms with van der Waals surface area (Å²) in [7, 11) is 0. The van der Waals surface area contributed by atoms with Crippen molar-refractivity contribution in [3.8, 4) is 0 Å². The van der Waals surface area contributed by atoms with E-state index in [0.717, 1.165) is 11.8 Å². The van der Waals surface area contributed by atoms with Crippen molar-refractivity contribution >= 4 is 6.29 Å². The Morgan fingerprint density at radius 1 is 1.20 bits per heavy atom. The predicted molar refractivity (Wildman–Crippen MR) is 59.6 cm³/mol. The van der Waals surface area contributed by atoms with Gasteiger partial charge in [-0.25, -0.2) is 0 Å². The first-order chi connectivity index (χ1) is 7.42. The fourth-order valence-electron chi connectivity index (χ4n) is 2.54. The predicted octanol–water partition coefficient (Wildman–Crippen LogP) is 2.94. The molecule has 1 saturated carbocycles. The maximum atomic E-state index is 11.2. The molecular weight excluding hydrogens is 186 g/mol. The molecule has 2 nitrogen and oxygen atoms in total. The molecule has 1 heterocycles. The topological polar surface area (TPSA) is 30.0 Å². The number of carbonyl (C=O) groups excluding carboxylic acids is 1. The fraction of sp³-hybridized carbons (Fsp3) is 0.538. The first-order valence-corrected chi connectivity index (χ1v) is 5.77. The monoisotopic (exact) mass is 203 g/mol. The van der Waals surface area contributed by atoms with Crippen LogP contribution in [0.25, 0.3) is 0 Å². The molecular formula is C13H17NO. The van der Waals surface area contributed by atoms with Gasteiger partial charge >= 0.3 is 0 Å². The molecule has 0 spiro atoms. The Bertz CT molecular complexity index is 304. The minimum absolute atomic E-state index is 0.0910.